The Balaban J connectivity index is 1.87. The summed E-state index contributed by atoms with van der Waals surface area (Å²) in [7, 11) is -8.14. The van der Waals surface area contributed by atoms with Crippen LogP contribution in [0.1, 0.15) is 30.4 Å². The smallest absolute Gasteiger partial charge is 0.334 e. The summed E-state index contributed by atoms with van der Waals surface area (Å²) in [5, 5.41) is 9.27. The van der Waals surface area contributed by atoms with E-state index in [1.807, 2.05) is 6.92 Å². The molecular weight excluding hydrogens is 432 g/mol. The molecule has 0 amide bonds. The van der Waals surface area contributed by atoms with Crippen LogP contribution in [0, 0.1) is 13.8 Å². The fraction of sp³-hybridized carbons (Fsp3) is 0.350. The van der Waals surface area contributed by atoms with Crippen molar-refractivity contribution in [2.75, 3.05) is 6.61 Å². The van der Waals surface area contributed by atoms with Gasteiger partial charge in [-0.3, -0.25) is 8.37 Å². The molecule has 2 aromatic rings. The van der Waals surface area contributed by atoms with E-state index in [1.54, 1.807) is 31.2 Å². The van der Waals surface area contributed by atoms with Crippen molar-refractivity contribution in [3.05, 3.63) is 59.7 Å². The number of carboxylic acid groups (broad SMARTS) is 1. The largest absolute Gasteiger partial charge is 0.479 e. The highest BCUT2D eigenvalue weighted by Gasteiger charge is 2.27. The van der Waals surface area contributed by atoms with Crippen molar-refractivity contribution in [2.24, 2.45) is 0 Å². The van der Waals surface area contributed by atoms with Gasteiger partial charge < -0.3 is 5.11 Å². The van der Waals surface area contributed by atoms with Gasteiger partial charge in [-0.05, 0) is 57.4 Å². The fourth-order valence-electron chi connectivity index (χ4n) is 2.50. The molecule has 1 N–H and O–H groups in total. The molecule has 1 unspecified atom stereocenters. The SMILES string of the molecule is Cc1ccc(S(=O)(=O)OCCCCC(OS(=O)(=O)c2ccc(C)cc2)C(=O)O)cc1. The van der Waals surface area contributed by atoms with E-state index in [1.165, 1.54) is 24.3 Å². The van der Waals surface area contributed by atoms with E-state index >= 15 is 0 Å². The van der Waals surface area contributed by atoms with Crippen molar-refractivity contribution in [3.8, 4) is 0 Å². The number of carbonyl (C=O) groups is 1. The van der Waals surface area contributed by atoms with E-state index in [9.17, 15) is 26.7 Å². The number of aliphatic carboxylic acids is 1. The molecule has 0 aliphatic heterocycles. The van der Waals surface area contributed by atoms with Crippen molar-refractivity contribution in [3.63, 3.8) is 0 Å². The molecule has 8 nitrogen and oxygen atoms in total. The summed E-state index contributed by atoms with van der Waals surface area (Å²) in [6.07, 6.45) is -1.29. The van der Waals surface area contributed by atoms with Crippen LogP contribution in [0.3, 0.4) is 0 Å². The van der Waals surface area contributed by atoms with Gasteiger partial charge in [-0.15, -0.1) is 0 Å². The van der Waals surface area contributed by atoms with Crippen LogP contribution < -0.4 is 0 Å². The second kappa shape index (κ2) is 10.2. The van der Waals surface area contributed by atoms with Crippen LogP contribution in [0.5, 0.6) is 0 Å². The van der Waals surface area contributed by atoms with Gasteiger partial charge in [0.15, 0.2) is 6.10 Å². The molecule has 0 saturated carbocycles. The lowest BCUT2D eigenvalue weighted by atomic mass is 10.1. The minimum absolute atomic E-state index is 0.0315. The van der Waals surface area contributed by atoms with E-state index < -0.39 is 32.3 Å². The first-order valence-corrected chi connectivity index (χ1v) is 12.0. The molecule has 0 aliphatic carbocycles. The maximum absolute atomic E-state index is 12.3. The van der Waals surface area contributed by atoms with E-state index in [-0.39, 0.29) is 35.7 Å². The van der Waals surface area contributed by atoms with Crippen LogP contribution in [-0.2, 0) is 33.4 Å². The number of rotatable bonds is 11. The summed E-state index contributed by atoms with van der Waals surface area (Å²) < 4.78 is 58.5. The zero-order valence-electron chi connectivity index (χ0n) is 16.6. The zero-order chi connectivity index (χ0) is 22.4. The van der Waals surface area contributed by atoms with E-state index in [0.29, 0.717) is 0 Å². The molecule has 0 spiro atoms. The Kier molecular flexibility index (Phi) is 8.13. The molecular formula is C20H24O8S2. The van der Waals surface area contributed by atoms with Gasteiger partial charge in [0.2, 0.25) is 0 Å². The van der Waals surface area contributed by atoms with Crippen LogP contribution in [0.15, 0.2) is 58.3 Å². The number of unbranched alkanes of at least 4 members (excludes halogenated alkanes) is 1. The summed E-state index contributed by atoms with van der Waals surface area (Å²) in [6, 6.07) is 12.0. The lowest BCUT2D eigenvalue weighted by Gasteiger charge is -2.14. The molecule has 30 heavy (non-hydrogen) atoms. The quantitative estimate of drug-likeness (QED) is 0.404. The van der Waals surface area contributed by atoms with Gasteiger partial charge >= 0.3 is 5.97 Å². The minimum Gasteiger partial charge on any atom is -0.479 e. The molecule has 0 radical (unpaired) electrons. The summed E-state index contributed by atoms with van der Waals surface area (Å²) in [6.45, 7) is 3.46. The predicted octanol–water partition coefficient (Wildman–Crippen LogP) is 3.04. The molecule has 164 valence electrons. The second-order valence-electron chi connectivity index (χ2n) is 6.78. The van der Waals surface area contributed by atoms with Gasteiger partial charge in [-0.1, -0.05) is 35.4 Å². The van der Waals surface area contributed by atoms with Gasteiger partial charge in [-0.25, -0.2) is 4.79 Å². The third-order valence-electron chi connectivity index (χ3n) is 4.24. The number of aryl methyl sites for hydroxylation is 2. The first kappa shape index (κ1) is 24.0. The summed E-state index contributed by atoms with van der Waals surface area (Å²) >= 11 is 0. The lowest BCUT2D eigenvalue weighted by molar-refractivity contribution is -0.145. The van der Waals surface area contributed by atoms with Gasteiger partial charge in [0, 0.05) is 0 Å². The number of hydrogen-bond donors (Lipinski definition) is 1. The monoisotopic (exact) mass is 456 g/mol. The van der Waals surface area contributed by atoms with Crippen molar-refractivity contribution >= 4 is 26.2 Å². The third-order valence-corrected chi connectivity index (χ3v) is 6.90. The highest BCUT2D eigenvalue weighted by Crippen LogP contribution is 2.18. The van der Waals surface area contributed by atoms with Crippen molar-refractivity contribution in [1.82, 2.24) is 0 Å². The maximum atomic E-state index is 12.3. The molecule has 10 heteroatoms. The number of benzene rings is 2. The first-order chi connectivity index (χ1) is 14.0. The van der Waals surface area contributed by atoms with Gasteiger partial charge in [-0.2, -0.15) is 16.8 Å². The molecule has 0 heterocycles. The highest BCUT2D eigenvalue weighted by molar-refractivity contribution is 7.87. The van der Waals surface area contributed by atoms with E-state index in [0.717, 1.165) is 11.1 Å². The van der Waals surface area contributed by atoms with Crippen LogP contribution >= 0.6 is 0 Å². The van der Waals surface area contributed by atoms with Crippen molar-refractivity contribution in [1.29, 1.82) is 0 Å². The average Bonchev–Trinajstić information content (AvgIpc) is 2.67. The Morgan fingerprint density at radius 1 is 0.833 bits per heavy atom. The summed E-state index contributed by atoms with van der Waals surface area (Å²) in [4.78, 5) is 11.3. The molecule has 0 aliphatic rings. The minimum atomic E-state index is -4.23. The Labute approximate surface area is 176 Å². The number of carboxylic acids is 1. The van der Waals surface area contributed by atoms with Crippen LogP contribution in [0.25, 0.3) is 0 Å². The van der Waals surface area contributed by atoms with Crippen LogP contribution in [-0.4, -0.2) is 40.6 Å². The molecule has 0 fully saturated rings. The lowest BCUT2D eigenvalue weighted by Crippen LogP contribution is -2.27. The highest BCUT2D eigenvalue weighted by atomic mass is 32.2. The van der Waals surface area contributed by atoms with E-state index in [4.69, 9.17) is 8.37 Å². The van der Waals surface area contributed by atoms with Crippen molar-refractivity contribution < 1.29 is 35.1 Å². The maximum Gasteiger partial charge on any atom is 0.334 e. The molecule has 0 bridgehead atoms. The van der Waals surface area contributed by atoms with Crippen LogP contribution in [0.2, 0.25) is 0 Å². The molecule has 0 saturated heterocycles. The average molecular weight is 457 g/mol. The first-order valence-electron chi connectivity index (χ1n) is 9.20. The molecule has 2 rings (SSSR count). The Bertz CT molecular complexity index is 1060. The normalized spacial score (nSPS) is 13.1. The zero-order valence-corrected chi connectivity index (χ0v) is 18.3. The predicted molar refractivity (Wildman–Crippen MR) is 109 cm³/mol. The van der Waals surface area contributed by atoms with Gasteiger partial charge in [0.1, 0.15) is 0 Å². The summed E-state index contributed by atoms with van der Waals surface area (Å²) in [5.74, 6) is -1.42. The van der Waals surface area contributed by atoms with Crippen LogP contribution in [0.4, 0.5) is 0 Å². The Morgan fingerprint density at radius 3 is 1.77 bits per heavy atom. The third kappa shape index (κ3) is 6.91. The Morgan fingerprint density at radius 2 is 1.30 bits per heavy atom. The number of hydrogen-bond acceptors (Lipinski definition) is 7. The van der Waals surface area contributed by atoms with Crippen molar-refractivity contribution in [2.45, 2.75) is 49.0 Å². The Hall–Kier alpha value is -2.27. The van der Waals surface area contributed by atoms with Gasteiger partial charge in [0.25, 0.3) is 20.2 Å². The van der Waals surface area contributed by atoms with E-state index in [2.05, 4.69) is 0 Å². The molecule has 0 aromatic heterocycles. The molecule has 2 aromatic carbocycles. The second-order valence-corrected chi connectivity index (χ2v) is 9.96. The van der Waals surface area contributed by atoms with Gasteiger partial charge in [0.05, 0.1) is 16.4 Å². The summed E-state index contributed by atoms with van der Waals surface area (Å²) in [5.41, 5.74) is 1.76. The fourth-order valence-corrected chi connectivity index (χ4v) is 4.51. The molecule has 1 atom stereocenters. The standard InChI is InChI=1S/C20H24O8S2/c1-15-6-10-17(11-7-15)29(23,24)27-14-4-3-5-19(20(21)22)28-30(25,26)18-12-8-16(2)9-13-18/h6-13,19H,3-5,14H2,1-2H3,(H,21,22). The topological polar surface area (TPSA) is 124 Å².